The minimum atomic E-state index is 0.139. The number of benzene rings is 1. The summed E-state index contributed by atoms with van der Waals surface area (Å²) in [5.74, 6) is 0. The van der Waals surface area contributed by atoms with Gasteiger partial charge in [0.05, 0.1) is 0 Å². The number of hydrogen-bond donors (Lipinski definition) is 1. The SMILES string of the molecule is Cc1ccc(C)c(C(C)(C)C)c1N. The molecule has 72 valence electrons. The number of nitrogen functional groups attached to an aromatic ring is 1. The lowest BCUT2D eigenvalue weighted by Gasteiger charge is -2.24. The summed E-state index contributed by atoms with van der Waals surface area (Å²) in [7, 11) is 0. The maximum absolute atomic E-state index is 6.07. The molecule has 0 aliphatic rings. The van der Waals surface area contributed by atoms with Gasteiger partial charge in [0, 0.05) is 5.69 Å². The van der Waals surface area contributed by atoms with Gasteiger partial charge in [-0.25, -0.2) is 0 Å². The summed E-state index contributed by atoms with van der Waals surface area (Å²) in [5, 5.41) is 0. The van der Waals surface area contributed by atoms with Crippen molar-refractivity contribution in [2.45, 2.75) is 40.0 Å². The van der Waals surface area contributed by atoms with Crippen molar-refractivity contribution in [2.24, 2.45) is 0 Å². The topological polar surface area (TPSA) is 26.0 Å². The van der Waals surface area contributed by atoms with Gasteiger partial charge in [0.15, 0.2) is 0 Å². The highest BCUT2D eigenvalue weighted by Gasteiger charge is 2.19. The second-order valence-electron chi connectivity index (χ2n) is 4.74. The molecule has 2 N–H and O–H groups in total. The molecule has 0 saturated heterocycles. The number of anilines is 1. The van der Waals surface area contributed by atoms with Crippen LogP contribution in [-0.2, 0) is 5.41 Å². The maximum atomic E-state index is 6.07. The third kappa shape index (κ3) is 1.85. The van der Waals surface area contributed by atoms with Crippen LogP contribution in [0.2, 0.25) is 0 Å². The van der Waals surface area contributed by atoms with E-state index in [0.717, 1.165) is 5.69 Å². The Morgan fingerprint density at radius 1 is 1.00 bits per heavy atom. The average Bonchev–Trinajstić information content (AvgIpc) is 1.95. The van der Waals surface area contributed by atoms with Crippen molar-refractivity contribution >= 4 is 5.69 Å². The third-order valence-electron chi connectivity index (χ3n) is 2.42. The lowest BCUT2D eigenvalue weighted by atomic mass is 9.82. The van der Waals surface area contributed by atoms with Gasteiger partial charge in [-0.3, -0.25) is 0 Å². The van der Waals surface area contributed by atoms with Crippen LogP contribution in [0.25, 0.3) is 0 Å². The molecule has 1 nitrogen and oxygen atoms in total. The van der Waals surface area contributed by atoms with Crippen LogP contribution in [0.15, 0.2) is 12.1 Å². The molecule has 13 heavy (non-hydrogen) atoms. The van der Waals surface area contributed by atoms with E-state index in [1.165, 1.54) is 16.7 Å². The Labute approximate surface area is 81.0 Å². The van der Waals surface area contributed by atoms with Gasteiger partial charge in [-0.15, -0.1) is 0 Å². The molecule has 0 fully saturated rings. The molecule has 0 aliphatic carbocycles. The Balaban J connectivity index is 3.43. The summed E-state index contributed by atoms with van der Waals surface area (Å²) in [6.45, 7) is 10.8. The zero-order valence-corrected chi connectivity index (χ0v) is 9.23. The quantitative estimate of drug-likeness (QED) is 0.605. The summed E-state index contributed by atoms with van der Waals surface area (Å²) in [6.07, 6.45) is 0. The summed E-state index contributed by atoms with van der Waals surface area (Å²) < 4.78 is 0. The lowest BCUT2D eigenvalue weighted by molar-refractivity contribution is 0.588. The predicted octanol–water partition coefficient (Wildman–Crippen LogP) is 3.18. The van der Waals surface area contributed by atoms with Crippen LogP contribution in [0.3, 0.4) is 0 Å². The van der Waals surface area contributed by atoms with Crippen molar-refractivity contribution in [3.63, 3.8) is 0 Å². The van der Waals surface area contributed by atoms with Crippen molar-refractivity contribution in [2.75, 3.05) is 5.73 Å². The Kier molecular flexibility index (Phi) is 2.38. The summed E-state index contributed by atoms with van der Waals surface area (Å²) in [5.41, 5.74) is 10.9. The van der Waals surface area contributed by atoms with Gasteiger partial charge in [-0.05, 0) is 36.0 Å². The molecule has 1 heteroatoms. The predicted molar refractivity (Wildman–Crippen MR) is 59.0 cm³/mol. The van der Waals surface area contributed by atoms with Gasteiger partial charge in [0.1, 0.15) is 0 Å². The molecule has 1 rings (SSSR count). The second kappa shape index (κ2) is 3.06. The summed E-state index contributed by atoms with van der Waals surface area (Å²) in [6, 6.07) is 4.23. The molecular weight excluding hydrogens is 158 g/mol. The van der Waals surface area contributed by atoms with Crippen LogP contribution >= 0.6 is 0 Å². The first-order chi connectivity index (χ1) is 5.84. The number of hydrogen-bond acceptors (Lipinski definition) is 1. The third-order valence-corrected chi connectivity index (χ3v) is 2.42. The first kappa shape index (κ1) is 10.1. The van der Waals surface area contributed by atoms with Crippen molar-refractivity contribution < 1.29 is 0 Å². The Bertz CT molecular complexity index is 319. The number of aryl methyl sites for hydroxylation is 2. The second-order valence-corrected chi connectivity index (χ2v) is 4.74. The minimum absolute atomic E-state index is 0.139. The van der Waals surface area contributed by atoms with E-state index in [1.807, 2.05) is 0 Å². The van der Waals surface area contributed by atoms with Crippen LogP contribution in [0.4, 0.5) is 5.69 Å². The lowest BCUT2D eigenvalue weighted by Crippen LogP contribution is -2.16. The van der Waals surface area contributed by atoms with E-state index in [9.17, 15) is 0 Å². The summed E-state index contributed by atoms with van der Waals surface area (Å²) >= 11 is 0. The first-order valence-corrected chi connectivity index (χ1v) is 4.70. The molecule has 1 aromatic carbocycles. The fraction of sp³-hybridized carbons (Fsp3) is 0.500. The van der Waals surface area contributed by atoms with Crippen LogP contribution in [0.5, 0.6) is 0 Å². The van der Waals surface area contributed by atoms with E-state index >= 15 is 0 Å². The van der Waals surface area contributed by atoms with Gasteiger partial charge >= 0.3 is 0 Å². The van der Waals surface area contributed by atoms with Gasteiger partial charge < -0.3 is 5.73 Å². The normalized spacial score (nSPS) is 11.8. The Morgan fingerprint density at radius 3 is 1.85 bits per heavy atom. The fourth-order valence-corrected chi connectivity index (χ4v) is 1.83. The van der Waals surface area contributed by atoms with E-state index in [0.29, 0.717) is 0 Å². The molecular formula is C12H19N. The molecule has 0 saturated carbocycles. The molecule has 1 aromatic rings. The highest BCUT2D eigenvalue weighted by molar-refractivity contribution is 5.59. The van der Waals surface area contributed by atoms with E-state index in [1.54, 1.807) is 0 Å². The Morgan fingerprint density at radius 2 is 1.46 bits per heavy atom. The molecule has 0 aromatic heterocycles. The molecule has 0 spiro atoms. The van der Waals surface area contributed by atoms with Crippen molar-refractivity contribution in [3.8, 4) is 0 Å². The maximum Gasteiger partial charge on any atom is 0.0384 e. The van der Waals surface area contributed by atoms with E-state index in [4.69, 9.17) is 5.73 Å². The average molecular weight is 177 g/mol. The Hall–Kier alpha value is -0.980. The first-order valence-electron chi connectivity index (χ1n) is 4.70. The smallest absolute Gasteiger partial charge is 0.0384 e. The molecule has 0 bridgehead atoms. The van der Waals surface area contributed by atoms with Crippen LogP contribution < -0.4 is 5.73 Å². The van der Waals surface area contributed by atoms with Gasteiger partial charge in [-0.2, -0.15) is 0 Å². The number of nitrogens with two attached hydrogens (primary N) is 1. The molecule has 0 aliphatic heterocycles. The zero-order valence-electron chi connectivity index (χ0n) is 9.23. The van der Waals surface area contributed by atoms with Gasteiger partial charge in [0.25, 0.3) is 0 Å². The molecule has 0 heterocycles. The molecule has 0 amide bonds. The molecule has 0 radical (unpaired) electrons. The number of rotatable bonds is 0. The molecule has 0 unspecified atom stereocenters. The minimum Gasteiger partial charge on any atom is -0.398 e. The highest BCUT2D eigenvalue weighted by atomic mass is 14.6. The van der Waals surface area contributed by atoms with Crippen LogP contribution in [0, 0.1) is 13.8 Å². The van der Waals surface area contributed by atoms with Gasteiger partial charge in [-0.1, -0.05) is 32.9 Å². The van der Waals surface area contributed by atoms with E-state index in [2.05, 4.69) is 46.8 Å². The van der Waals surface area contributed by atoms with Crippen molar-refractivity contribution in [1.29, 1.82) is 0 Å². The van der Waals surface area contributed by atoms with E-state index in [-0.39, 0.29) is 5.41 Å². The highest BCUT2D eigenvalue weighted by Crippen LogP contribution is 2.32. The largest absolute Gasteiger partial charge is 0.398 e. The fourth-order valence-electron chi connectivity index (χ4n) is 1.83. The monoisotopic (exact) mass is 177 g/mol. The zero-order chi connectivity index (χ0) is 10.2. The summed E-state index contributed by atoms with van der Waals surface area (Å²) in [4.78, 5) is 0. The standard InChI is InChI=1S/C12H19N/c1-8-6-7-9(2)11(13)10(8)12(3,4)5/h6-7H,13H2,1-5H3. The van der Waals surface area contributed by atoms with Crippen molar-refractivity contribution in [3.05, 3.63) is 28.8 Å². The van der Waals surface area contributed by atoms with Crippen LogP contribution in [0.1, 0.15) is 37.5 Å². The van der Waals surface area contributed by atoms with Crippen LogP contribution in [-0.4, -0.2) is 0 Å². The van der Waals surface area contributed by atoms with E-state index < -0.39 is 0 Å². The molecule has 0 atom stereocenters. The van der Waals surface area contributed by atoms with Gasteiger partial charge in [0.2, 0.25) is 0 Å². The van der Waals surface area contributed by atoms with Crippen molar-refractivity contribution in [1.82, 2.24) is 0 Å².